The molecule has 0 aliphatic heterocycles. The number of nitrogens with one attached hydrogen (secondary N) is 1. The van der Waals surface area contributed by atoms with Gasteiger partial charge in [-0.2, -0.15) is 0 Å². The van der Waals surface area contributed by atoms with E-state index < -0.39 is 0 Å². The molecule has 3 heteroatoms. The molecule has 1 rings (SSSR count). The Morgan fingerprint density at radius 3 is 3.00 bits per heavy atom. The van der Waals surface area contributed by atoms with Gasteiger partial charge in [0.05, 0.1) is 12.5 Å². The molecular formula is C9H12N2O. The maximum Gasteiger partial charge on any atom is 0.227 e. The molecule has 1 aliphatic rings. The van der Waals surface area contributed by atoms with Crippen LogP contribution in [0.1, 0.15) is 6.42 Å². The molecule has 0 unspecified atom stereocenters. The SMILES string of the molecule is C#CCNC(=O)[C@@H]1C=C[C@H](N)C1. The highest BCUT2D eigenvalue weighted by Gasteiger charge is 2.21. The first-order valence-electron chi connectivity index (χ1n) is 3.89. The number of carbonyl (C=O) groups is 1. The second kappa shape index (κ2) is 3.93. The van der Waals surface area contributed by atoms with Gasteiger partial charge in [0.1, 0.15) is 0 Å². The monoisotopic (exact) mass is 164 g/mol. The quantitative estimate of drug-likeness (QED) is 0.432. The lowest BCUT2D eigenvalue weighted by Crippen LogP contribution is -2.30. The summed E-state index contributed by atoms with van der Waals surface area (Å²) in [6.07, 6.45) is 9.36. The maximum absolute atomic E-state index is 11.2. The summed E-state index contributed by atoms with van der Waals surface area (Å²) in [4.78, 5) is 11.2. The van der Waals surface area contributed by atoms with E-state index >= 15 is 0 Å². The van der Waals surface area contributed by atoms with Crippen LogP contribution in [0.4, 0.5) is 0 Å². The molecule has 0 heterocycles. The lowest BCUT2D eigenvalue weighted by Gasteiger charge is -2.07. The second-order valence-electron chi connectivity index (χ2n) is 2.81. The van der Waals surface area contributed by atoms with E-state index in [1.165, 1.54) is 0 Å². The minimum absolute atomic E-state index is 0.0200. The van der Waals surface area contributed by atoms with Crippen molar-refractivity contribution in [1.82, 2.24) is 5.32 Å². The van der Waals surface area contributed by atoms with Gasteiger partial charge in [0, 0.05) is 6.04 Å². The summed E-state index contributed by atoms with van der Waals surface area (Å²) >= 11 is 0. The third-order valence-corrected chi connectivity index (χ3v) is 1.82. The molecule has 64 valence electrons. The van der Waals surface area contributed by atoms with E-state index in [4.69, 9.17) is 12.2 Å². The number of hydrogen-bond donors (Lipinski definition) is 2. The molecule has 3 nitrogen and oxygen atoms in total. The standard InChI is InChI=1S/C9H12N2O/c1-2-5-11-9(12)7-3-4-8(10)6-7/h1,3-4,7-8H,5-6,10H2,(H,11,12)/t7-,8+/m1/s1. The van der Waals surface area contributed by atoms with Crippen molar-refractivity contribution in [2.75, 3.05) is 6.54 Å². The minimum Gasteiger partial charge on any atom is -0.345 e. The van der Waals surface area contributed by atoms with Crippen LogP contribution in [0.2, 0.25) is 0 Å². The molecule has 0 radical (unpaired) electrons. The molecule has 0 spiro atoms. The second-order valence-corrected chi connectivity index (χ2v) is 2.81. The van der Waals surface area contributed by atoms with Crippen LogP contribution in [0, 0.1) is 18.3 Å². The van der Waals surface area contributed by atoms with Crippen molar-refractivity contribution in [2.45, 2.75) is 12.5 Å². The third-order valence-electron chi connectivity index (χ3n) is 1.82. The molecule has 0 aromatic heterocycles. The zero-order chi connectivity index (χ0) is 8.97. The smallest absolute Gasteiger partial charge is 0.227 e. The molecule has 0 saturated carbocycles. The van der Waals surface area contributed by atoms with E-state index in [0.29, 0.717) is 13.0 Å². The van der Waals surface area contributed by atoms with E-state index in [2.05, 4.69) is 11.2 Å². The van der Waals surface area contributed by atoms with Crippen LogP contribution < -0.4 is 11.1 Å². The van der Waals surface area contributed by atoms with Crippen LogP contribution in [0.25, 0.3) is 0 Å². The average molecular weight is 164 g/mol. The van der Waals surface area contributed by atoms with E-state index in [1.807, 2.05) is 12.2 Å². The van der Waals surface area contributed by atoms with Crippen molar-refractivity contribution in [2.24, 2.45) is 11.7 Å². The maximum atomic E-state index is 11.2. The van der Waals surface area contributed by atoms with Crippen LogP contribution in [0.15, 0.2) is 12.2 Å². The van der Waals surface area contributed by atoms with Crippen molar-refractivity contribution < 1.29 is 4.79 Å². The Balaban J connectivity index is 2.35. The molecule has 0 fully saturated rings. The fourth-order valence-corrected chi connectivity index (χ4v) is 1.19. The van der Waals surface area contributed by atoms with Crippen molar-refractivity contribution in [3.8, 4) is 12.3 Å². The van der Waals surface area contributed by atoms with Gasteiger partial charge in [-0.3, -0.25) is 4.79 Å². The van der Waals surface area contributed by atoms with Gasteiger partial charge in [0.15, 0.2) is 0 Å². The summed E-state index contributed by atoms with van der Waals surface area (Å²) in [6, 6.07) is 0.0200. The van der Waals surface area contributed by atoms with E-state index in [-0.39, 0.29) is 17.9 Å². The van der Waals surface area contributed by atoms with Gasteiger partial charge in [0.2, 0.25) is 5.91 Å². The summed E-state index contributed by atoms with van der Waals surface area (Å²) in [5, 5.41) is 2.61. The molecule has 1 amide bonds. The number of rotatable bonds is 2. The highest BCUT2D eigenvalue weighted by atomic mass is 16.1. The molecule has 0 bridgehead atoms. The van der Waals surface area contributed by atoms with Gasteiger partial charge in [-0.1, -0.05) is 18.1 Å². The molecule has 0 aromatic carbocycles. The van der Waals surface area contributed by atoms with Gasteiger partial charge in [-0.15, -0.1) is 6.42 Å². The summed E-state index contributed by atoms with van der Waals surface area (Å²) in [5.41, 5.74) is 5.58. The predicted molar refractivity (Wildman–Crippen MR) is 47.1 cm³/mol. The molecule has 3 N–H and O–H groups in total. The Labute approximate surface area is 72.0 Å². The fraction of sp³-hybridized carbons (Fsp3) is 0.444. The fourth-order valence-electron chi connectivity index (χ4n) is 1.19. The summed E-state index contributed by atoms with van der Waals surface area (Å²) in [5.74, 6) is 2.23. The van der Waals surface area contributed by atoms with Crippen LogP contribution in [-0.2, 0) is 4.79 Å². The van der Waals surface area contributed by atoms with Crippen molar-refractivity contribution >= 4 is 5.91 Å². The van der Waals surface area contributed by atoms with Crippen LogP contribution in [-0.4, -0.2) is 18.5 Å². The average Bonchev–Trinajstić information content (AvgIpc) is 2.47. The zero-order valence-electron chi connectivity index (χ0n) is 6.79. The lowest BCUT2D eigenvalue weighted by molar-refractivity contribution is -0.123. The molecule has 0 saturated heterocycles. The van der Waals surface area contributed by atoms with Crippen LogP contribution in [0.5, 0.6) is 0 Å². The number of terminal acetylenes is 1. The van der Waals surface area contributed by atoms with Crippen LogP contribution >= 0.6 is 0 Å². The van der Waals surface area contributed by atoms with Gasteiger partial charge >= 0.3 is 0 Å². The Bertz CT molecular complexity index is 239. The first kappa shape index (κ1) is 8.82. The van der Waals surface area contributed by atoms with E-state index in [1.54, 1.807) is 0 Å². The Kier molecular flexibility index (Phi) is 2.89. The number of amides is 1. The molecule has 12 heavy (non-hydrogen) atoms. The van der Waals surface area contributed by atoms with Crippen molar-refractivity contribution in [3.05, 3.63) is 12.2 Å². The van der Waals surface area contributed by atoms with Crippen LogP contribution in [0.3, 0.4) is 0 Å². The minimum atomic E-state index is -0.0895. The molecule has 0 aromatic rings. The van der Waals surface area contributed by atoms with Gasteiger partial charge in [0.25, 0.3) is 0 Å². The van der Waals surface area contributed by atoms with Gasteiger partial charge in [-0.25, -0.2) is 0 Å². The topological polar surface area (TPSA) is 55.1 Å². The van der Waals surface area contributed by atoms with Gasteiger partial charge < -0.3 is 11.1 Å². The largest absolute Gasteiger partial charge is 0.345 e. The summed E-state index contributed by atoms with van der Waals surface area (Å²) in [6.45, 7) is 0.290. The Morgan fingerprint density at radius 1 is 1.75 bits per heavy atom. The first-order valence-corrected chi connectivity index (χ1v) is 3.89. The highest BCUT2D eigenvalue weighted by molar-refractivity contribution is 5.81. The van der Waals surface area contributed by atoms with Crippen molar-refractivity contribution in [1.29, 1.82) is 0 Å². The highest BCUT2D eigenvalue weighted by Crippen LogP contribution is 2.15. The Hall–Kier alpha value is -1.27. The predicted octanol–water partition coefficient (Wildman–Crippen LogP) is -0.361. The van der Waals surface area contributed by atoms with E-state index in [9.17, 15) is 4.79 Å². The Morgan fingerprint density at radius 2 is 2.50 bits per heavy atom. The normalized spacial score (nSPS) is 26.7. The van der Waals surface area contributed by atoms with Gasteiger partial charge in [-0.05, 0) is 6.42 Å². The van der Waals surface area contributed by atoms with Crippen molar-refractivity contribution in [3.63, 3.8) is 0 Å². The molecular weight excluding hydrogens is 152 g/mol. The third kappa shape index (κ3) is 2.11. The molecule has 2 atom stereocenters. The summed E-state index contributed by atoms with van der Waals surface area (Å²) < 4.78 is 0. The zero-order valence-corrected chi connectivity index (χ0v) is 6.79. The first-order chi connectivity index (χ1) is 5.74. The molecule has 1 aliphatic carbocycles. The number of nitrogens with two attached hydrogens (primary N) is 1. The number of carbonyl (C=O) groups excluding carboxylic acids is 1. The van der Waals surface area contributed by atoms with E-state index in [0.717, 1.165) is 0 Å². The lowest BCUT2D eigenvalue weighted by atomic mass is 10.1. The number of hydrogen-bond acceptors (Lipinski definition) is 2. The summed E-state index contributed by atoms with van der Waals surface area (Å²) in [7, 11) is 0.